The molecule has 1 unspecified atom stereocenters. The summed E-state index contributed by atoms with van der Waals surface area (Å²) in [6, 6.07) is 0.443. The fourth-order valence-electron chi connectivity index (χ4n) is 2.82. The average Bonchev–Trinajstić information content (AvgIpc) is 2.77. The van der Waals surface area contributed by atoms with Crippen LogP contribution in [0.4, 0.5) is 0 Å². The molecular formula is C14H26N2O2. The Balaban J connectivity index is 1.93. The van der Waals surface area contributed by atoms with E-state index in [0.717, 1.165) is 26.1 Å². The predicted molar refractivity (Wildman–Crippen MR) is 70.9 cm³/mol. The molecule has 0 saturated carbocycles. The molecule has 2 rings (SSSR count). The van der Waals surface area contributed by atoms with Crippen LogP contribution in [0.25, 0.3) is 0 Å². The summed E-state index contributed by atoms with van der Waals surface area (Å²) in [7, 11) is 0. The molecule has 0 aliphatic carbocycles. The molecule has 0 aromatic rings. The molecule has 0 amide bonds. The van der Waals surface area contributed by atoms with Gasteiger partial charge in [-0.25, -0.2) is 4.79 Å². The van der Waals surface area contributed by atoms with Crippen molar-refractivity contribution in [2.75, 3.05) is 19.6 Å². The third kappa shape index (κ3) is 3.23. The highest BCUT2D eigenvalue weighted by atomic mass is 16.7. The summed E-state index contributed by atoms with van der Waals surface area (Å²) in [5.41, 5.74) is -0.415. The number of carbonyl (C=O) groups excluding carboxylic acids is 1. The van der Waals surface area contributed by atoms with E-state index in [1.165, 1.54) is 19.3 Å². The van der Waals surface area contributed by atoms with Gasteiger partial charge in [0.05, 0.1) is 5.41 Å². The molecule has 2 fully saturated rings. The Bertz CT molecular complexity index is 293. The van der Waals surface area contributed by atoms with Crippen LogP contribution in [-0.2, 0) is 9.63 Å². The van der Waals surface area contributed by atoms with Gasteiger partial charge < -0.3 is 10.2 Å². The summed E-state index contributed by atoms with van der Waals surface area (Å²) >= 11 is 0. The molecule has 4 heteroatoms. The van der Waals surface area contributed by atoms with Crippen LogP contribution in [0.15, 0.2) is 0 Å². The van der Waals surface area contributed by atoms with Crippen molar-refractivity contribution in [2.45, 2.75) is 52.5 Å². The van der Waals surface area contributed by atoms with Crippen LogP contribution in [0, 0.1) is 11.3 Å². The Labute approximate surface area is 110 Å². The van der Waals surface area contributed by atoms with Gasteiger partial charge in [-0.15, -0.1) is 5.06 Å². The number of rotatable bonds is 2. The highest BCUT2D eigenvalue weighted by Crippen LogP contribution is 2.30. The van der Waals surface area contributed by atoms with E-state index in [-0.39, 0.29) is 5.97 Å². The number of hydrogen-bond donors (Lipinski definition) is 1. The van der Waals surface area contributed by atoms with Gasteiger partial charge in [0.15, 0.2) is 0 Å². The lowest BCUT2D eigenvalue weighted by molar-refractivity contribution is -0.208. The van der Waals surface area contributed by atoms with E-state index in [9.17, 15) is 4.79 Å². The zero-order valence-electron chi connectivity index (χ0n) is 11.9. The quantitative estimate of drug-likeness (QED) is 0.818. The van der Waals surface area contributed by atoms with Crippen molar-refractivity contribution in [3.8, 4) is 0 Å². The van der Waals surface area contributed by atoms with E-state index in [0.29, 0.717) is 12.0 Å². The van der Waals surface area contributed by atoms with Crippen LogP contribution in [0.3, 0.4) is 0 Å². The van der Waals surface area contributed by atoms with Crippen LogP contribution >= 0.6 is 0 Å². The number of hydroxylamine groups is 2. The second-order valence-corrected chi connectivity index (χ2v) is 6.57. The summed E-state index contributed by atoms with van der Waals surface area (Å²) in [5.74, 6) is 0.574. The third-order valence-corrected chi connectivity index (χ3v) is 3.99. The number of piperidine rings is 1. The summed E-state index contributed by atoms with van der Waals surface area (Å²) in [4.78, 5) is 17.6. The van der Waals surface area contributed by atoms with E-state index in [4.69, 9.17) is 4.84 Å². The number of carbonyl (C=O) groups is 1. The average molecular weight is 254 g/mol. The second-order valence-electron chi connectivity index (χ2n) is 6.57. The first-order chi connectivity index (χ1) is 8.48. The first kappa shape index (κ1) is 13.8. The van der Waals surface area contributed by atoms with Crippen LogP contribution in [0.5, 0.6) is 0 Å². The van der Waals surface area contributed by atoms with E-state index in [1.807, 2.05) is 25.8 Å². The minimum Gasteiger partial charge on any atom is -0.367 e. The third-order valence-electron chi connectivity index (χ3n) is 3.99. The molecule has 0 radical (unpaired) electrons. The van der Waals surface area contributed by atoms with Crippen LogP contribution in [0.1, 0.15) is 46.5 Å². The lowest BCUT2D eigenvalue weighted by Crippen LogP contribution is -2.43. The van der Waals surface area contributed by atoms with Gasteiger partial charge in [0.1, 0.15) is 0 Å². The van der Waals surface area contributed by atoms with Crippen LogP contribution in [-0.4, -0.2) is 36.7 Å². The minimum atomic E-state index is -0.415. The van der Waals surface area contributed by atoms with Crippen LogP contribution < -0.4 is 5.32 Å². The van der Waals surface area contributed by atoms with Crippen LogP contribution in [0.2, 0.25) is 0 Å². The fourth-order valence-corrected chi connectivity index (χ4v) is 2.82. The van der Waals surface area contributed by atoms with Gasteiger partial charge in [-0.2, -0.15) is 0 Å². The highest BCUT2D eigenvalue weighted by Gasteiger charge is 2.36. The Morgan fingerprint density at radius 2 is 1.89 bits per heavy atom. The molecule has 2 aliphatic rings. The number of nitrogens with zero attached hydrogens (tertiary/aromatic N) is 1. The number of hydrogen-bond acceptors (Lipinski definition) is 4. The van der Waals surface area contributed by atoms with Gasteiger partial charge in [0, 0.05) is 12.6 Å². The van der Waals surface area contributed by atoms with E-state index in [2.05, 4.69) is 5.32 Å². The standard InChI is InChI=1S/C14H26N2O2/c1-14(2,3)13(17)18-16-10-4-5-12(16)11-6-8-15-9-7-11/h11-12,15H,4-10H2,1-3H3. The molecule has 2 aliphatic heterocycles. The molecule has 0 aromatic carbocycles. The minimum absolute atomic E-state index is 0.108. The van der Waals surface area contributed by atoms with Gasteiger partial charge >= 0.3 is 5.97 Å². The summed E-state index contributed by atoms with van der Waals surface area (Å²) in [6.45, 7) is 8.82. The topological polar surface area (TPSA) is 41.6 Å². The van der Waals surface area contributed by atoms with Crippen molar-refractivity contribution in [3.63, 3.8) is 0 Å². The number of nitrogens with one attached hydrogen (secondary N) is 1. The van der Waals surface area contributed by atoms with Crippen molar-refractivity contribution in [1.29, 1.82) is 0 Å². The van der Waals surface area contributed by atoms with Gasteiger partial charge in [0.25, 0.3) is 0 Å². The van der Waals surface area contributed by atoms with Crippen molar-refractivity contribution in [2.24, 2.45) is 11.3 Å². The summed E-state index contributed by atoms with van der Waals surface area (Å²) in [6.07, 6.45) is 4.72. The first-order valence-electron chi connectivity index (χ1n) is 7.18. The van der Waals surface area contributed by atoms with Gasteiger partial charge in [0.2, 0.25) is 0 Å². The molecule has 0 aromatic heterocycles. The Kier molecular flexibility index (Phi) is 4.28. The molecule has 104 valence electrons. The van der Waals surface area contributed by atoms with Gasteiger partial charge in [-0.1, -0.05) is 0 Å². The van der Waals surface area contributed by atoms with Crippen molar-refractivity contribution in [1.82, 2.24) is 10.4 Å². The second kappa shape index (κ2) is 5.57. The maximum Gasteiger partial charge on any atom is 0.330 e. The molecular weight excluding hydrogens is 228 g/mol. The molecule has 18 heavy (non-hydrogen) atoms. The normalized spacial score (nSPS) is 27.4. The monoisotopic (exact) mass is 254 g/mol. The first-order valence-corrected chi connectivity index (χ1v) is 7.18. The molecule has 2 saturated heterocycles. The Morgan fingerprint density at radius 1 is 1.22 bits per heavy atom. The largest absolute Gasteiger partial charge is 0.367 e. The van der Waals surface area contributed by atoms with Gasteiger partial charge in [-0.05, 0) is 65.5 Å². The Morgan fingerprint density at radius 3 is 2.50 bits per heavy atom. The van der Waals surface area contributed by atoms with E-state index in [1.54, 1.807) is 0 Å². The summed E-state index contributed by atoms with van der Waals surface area (Å²) < 4.78 is 0. The zero-order valence-corrected chi connectivity index (χ0v) is 11.9. The molecule has 2 heterocycles. The molecule has 1 N–H and O–H groups in total. The van der Waals surface area contributed by atoms with Crippen molar-refractivity contribution >= 4 is 5.97 Å². The zero-order chi connectivity index (χ0) is 13.2. The smallest absolute Gasteiger partial charge is 0.330 e. The summed E-state index contributed by atoms with van der Waals surface area (Å²) in [5, 5.41) is 5.35. The van der Waals surface area contributed by atoms with Crippen molar-refractivity contribution in [3.05, 3.63) is 0 Å². The van der Waals surface area contributed by atoms with Gasteiger partial charge in [-0.3, -0.25) is 0 Å². The lowest BCUT2D eigenvalue weighted by Gasteiger charge is -2.34. The molecule has 0 spiro atoms. The maximum atomic E-state index is 12.0. The molecule has 4 nitrogen and oxygen atoms in total. The fraction of sp³-hybridized carbons (Fsp3) is 0.929. The molecule has 0 bridgehead atoms. The van der Waals surface area contributed by atoms with Crippen molar-refractivity contribution < 1.29 is 9.63 Å². The maximum absolute atomic E-state index is 12.0. The SMILES string of the molecule is CC(C)(C)C(=O)ON1CCCC1C1CCNCC1. The van der Waals surface area contributed by atoms with E-state index >= 15 is 0 Å². The lowest BCUT2D eigenvalue weighted by atomic mass is 9.89. The predicted octanol–water partition coefficient (Wildman–Crippen LogP) is 1.95. The highest BCUT2D eigenvalue weighted by molar-refractivity contribution is 5.75. The Hall–Kier alpha value is -0.610. The van der Waals surface area contributed by atoms with E-state index < -0.39 is 5.41 Å². The molecule has 1 atom stereocenters.